The van der Waals surface area contributed by atoms with Crippen molar-refractivity contribution in [2.75, 3.05) is 13.2 Å². The van der Waals surface area contributed by atoms with Crippen LogP contribution in [0.2, 0.25) is 0 Å². The van der Waals surface area contributed by atoms with Crippen LogP contribution in [-0.4, -0.2) is 29.7 Å². The van der Waals surface area contributed by atoms with E-state index >= 15 is 0 Å². The van der Waals surface area contributed by atoms with E-state index in [9.17, 15) is 8.78 Å². The number of rotatable bonds is 4. The molecule has 0 aliphatic rings. The van der Waals surface area contributed by atoms with Gasteiger partial charge in [0.05, 0.1) is 6.61 Å². The molecule has 0 aliphatic heterocycles. The van der Waals surface area contributed by atoms with Crippen molar-refractivity contribution in [3.63, 3.8) is 0 Å². The van der Waals surface area contributed by atoms with Crippen molar-refractivity contribution in [1.82, 2.24) is 0 Å². The van der Waals surface area contributed by atoms with Crippen LogP contribution in [0.25, 0.3) is 0 Å². The second kappa shape index (κ2) is 3.67. The minimum atomic E-state index is -4.28. The smallest absolute Gasteiger partial charge is 0.394 e. The van der Waals surface area contributed by atoms with E-state index in [4.69, 9.17) is 10.2 Å². The van der Waals surface area contributed by atoms with E-state index in [1.807, 2.05) is 0 Å². The van der Waals surface area contributed by atoms with E-state index in [2.05, 4.69) is 9.78 Å². The Hall–Kier alpha value is -0.300. The maximum Gasteiger partial charge on any atom is 0.509 e. The Morgan fingerprint density at radius 1 is 1.44 bits per heavy atom. The van der Waals surface area contributed by atoms with Crippen molar-refractivity contribution in [1.29, 1.82) is 0 Å². The van der Waals surface area contributed by atoms with Gasteiger partial charge in [-0.05, 0) is 0 Å². The zero-order valence-electron chi connectivity index (χ0n) is 4.38. The molecule has 0 rings (SSSR count). The van der Waals surface area contributed by atoms with Gasteiger partial charge in [-0.3, -0.25) is 0 Å². The van der Waals surface area contributed by atoms with Crippen LogP contribution in [0, 0.1) is 0 Å². The lowest BCUT2D eigenvalue weighted by molar-refractivity contribution is -0.510. The maximum atomic E-state index is 11.2. The van der Waals surface area contributed by atoms with Crippen LogP contribution in [0.3, 0.4) is 0 Å². The van der Waals surface area contributed by atoms with Crippen LogP contribution in [0.1, 0.15) is 0 Å². The first kappa shape index (κ1) is 8.70. The number of aliphatic hydroxyl groups is 2. The van der Waals surface area contributed by atoms with Gasteiger partial charge in [0.1, 0.15) is 6.61 Å². The summed E-state index contributed by atoms with van der Waals surface area (Å²) < 4.78 is 22.3. The molecule has 0 fully saturated rings. The molecule has 6 heteroatoms. The fourth-order valence-electron chi connectivity index (χ4n) is 0.150. The Labute approximate surface area is 49.5 Å². The molecule has 0 unspecified atom stereocenters. The lowest BCUT2D eigenvalue weighted by atomic mass is 10.8. The second-order valence-corrected chi connectivity index (χ2v) is 1.11. The molecule has 0 spiro atoms. The molecule has 9 heavy (non-hydrogen) atoms. The van der Waals surface area contributed by atoms with E-state index in [1.54, 1.807) is 0 Å². The van der Waals surface area contributed by atoms with Crippen LogP contribution in [0.4, 0.5) is 8.78 Å². The topological polar surface area (TPSA) is 58.9 Å². The van der Waals surface area contributed by atoms with E-state index in [0.717, 1.165) is 0 Å². The molecule has 2 N–H and O–H groups in total. The molecular formula is C3H6F2O4. The van der Waals surface area contributed by atoms with Gasteiger partial charge in [0.25, 0.3) is 0 Å². The molecule has 0 radical (unpaired) electrons. The third-order valence-corrected chi connectivity index (χ3v) is 0.334. The molecule has 0 heterocycles. The minimum absolute atomic E-state index is 0.407. The summed E-state index contributed by atoms with van der Waals surface area (Å²) >= 11 is 0. The maximum absolute atomic E-state index is 11.2. The first-order valence-electron chi connectivity index (χ1n) is 2.08. The van der Waals surface area contributed by atoms with Crippen LogP contribution in [-0.2, 0) is 9.78 Å². The standard InChI is InChI=1S/C3H6F2O4/c4-3(5,7)9-8-2-1-6/h6-7H,1-2H2. The van der Waals surface area contributed by atoms with Crippen molar-refractivity contribution >= 4 is 0 Å². The molecular weight excluding hydrogens is 138 g/mol. The van der Waals surface area contributed by atoms with E-state index in [0.29, 0.717) is 0 Å². The Balaban J connectivity index is 3.07. The number of halogens is 2. The van der Waals surface area contributed by atoms with Gasteiger partial charge in [-0.15, -0.1) is 13.7 Å². The second-order valence-electron chi connectivity index (χ2n) is 1.11. The third kappa shape index (κ3) is 7.70. The summed E-state index contributed by atoms with van der Waals surface area (Å²) in [6.45, 7) is -0.855. The molecule has 56 valence electrons. The molecule has 0 saturated heterocycles. The number of hydrogen-bond donors (Lipinski definition) is 2. The summed E-state index contributed by atoms with van der Waals surface area (Å²) in [5.41, 5.74) is 0. The number of alkyl halides is 2. The van der Waals surface area contributed by atoms with Crippen molar-refractivity contribution < 1.29 is 28.8 Å². The van der Waals surface area contributed by atoms with Gasteiger partial charge < -0.3 is 10.2 Å². The Morgan fingerprint density at radius 2 is 2.00 bits per heavy atom. The highest BCUT2D eigenvalue weighted by molar-refractivity contribution is 4.16. The van der Waals surface area contributed by atoms with Gasteiger partial charge in [0.15, 0.2) is 0 Å². The molecule has 0 aromatic rings. The summed E-state index contributed by atoms with van der Waals surface area (Å²) in [4.78, 5) is 6.63. The monoisotopic (exact) mass is 144 g/mol. The van der Waals surface area contributed by atoms with Gasteiger partial charge in [0, 0.05) is 0 Å². The van der Waals surface area contributed by atoms with Gasteiger partial charge >= 0.3 is 6.29 Å². The zero-order valence-corrected chi connectivity index (χ0v) is 4.38. The highest BCUT2D eigenvalue weighted by Crippen LogP contribution is 2.08. The summed E-state index contributed by atoms with van der Waals surface area (Å²) in [6, 6.07) is 0. The zero-order chi connectivity index (χ0) is 7.33. The Kier molecular flexibility index (Phi) is 3.55. The van der Waals surface area contributed by atoms with Crippen molar-refractivity contribution in [2.45, 2.75) is 6.29 Å². The van der Waals surface area contributed by atoms with E-state index < -0.39 is 19.5 Å². The highest BCUT2D eigenvalue weighted by Gasteiger charge is 2.27. The first-order valence-corrected chi connectivity index (χ1v) is 2.08. The van der Waals surface area contributed by atoms with E-state index in [-0.39, 0.29) is 0 Å². The predicted octanol–water partition coefficient (Wildman–Crippen LogP) is -0.531. The highest BCUT2D eigenvalue weighted by atomic mass is 19.3. The van der Waals surface area contributed by atoms with Crippen LogP contribution in [0.15, 0.2) is 0 Å². The number of aliphatic hydroxyl groups excluding tert-OH is 1. The lowest BCUT2D eigenvalue weighted by Crippen LogP contribution is -2.20. The van der Waals surface area contributed by atoms with Gasteiger partial charge in [0.2, 0.25) is 0 Å². The fraction of sp³-hybridized carbons (Fsp3) is 1.00. The summed E-state index contributed by atoms with van der Waals surface area (Å²) in [7, 11) is 0. The van der Waals surface area contributed by atoms with Gasteiger partial charge in [-0.25, -0.2) is 4.89 Å². The van der Waals surface area contributed by atoms with Crippen LogP contribution < -0.4 is 0 Å². The molecule has 0 aromatic carbocycles. The lowest BCUT2D eigenvalue weighted by Gasteiger charge is -2.05. The fourth-order valence-corrected chi connectivity index (χ4v) is 0.150. The largest absolute Gasteiger partial charge is 0.509 e. The molecule has 0 bridgehead atoms. The molecule has 0 atom stereocenters. The first-order chi connectivity index (χ1) is 4.06. The van der Waals surface area contributed by atoms with Gasteiger partial charge in [-0.2, -0.15) is 0 Å². The molecule has 0 aliphatic carbocycles. The number of hydrogen-bond acceptors (Lipinski definition) is 4. The molecule has 0 amide bonds. The molecule has 0 saturated carbocycles. The van der Waals surface area contributed by atoms with Crippen molar-refractivity contribution in [3.05, 3.63) is 0 Å². The Morgan fingerprint density at radius 3 is 2.33 bits per heavy atom. The predicted molar refractivity (Wildman–Crippen MR) is 21.3 cm³/mol. The summed E-state index contributed by atoms with van der Waals surface area (Å²) in [5, 5.41) is 15.4. The summed E-state index contributed by atoms with van der Waals surface area (Å²) in [5.74, 6) is 0. The minimum Gasteiger partial charge on any atom is -0.394 e. The van der Waals surface area contributed by atoms with Crippen molar-refractivity contribution in [3.8, 4) is 0 Å². The Bertz CT molecular complexity index is 70.7. The normalized spacial score (nSPS) is 12.0. The quantitative estimate of drug-likeness (QED) is 0.241. The van der Waals surface area contributed by atoms with Gasteiger partial charge in [-0.1, -0.05) is 0 Å². The van der Waals surface area contributed by atoms with Crippen molar-refractivity contribution in [2.24, 2.45) is 0 Å². The van der Waals surface area contributed by atoms with E-state index in [1.165, 1.54) is 0 Å². The average Bonchev–Trinajstić information content (AvgIpc) is 1.63. The summed E-state index contributed by atoms with van der Waals surface area (Å²) in [6.07, 6.45) is -4.28. The molecule has 0 aromatic heterocycles. The molecule has 4 nitrogen and oxygen atoms in total. The third-order valence-electron chi connectivity index (χ3n) is 0.334. The SMILES string of the molecule is OCCOOC(O)(F)F. The average molecular weight is 144 g/mol. The van der Waals surface area contributed by atoms with Crippen LogP contribution >= 0.6 is 0 Å². The van der Waals surface area contributed by atoms with Crippen LogP contribution in [0.5, 0.6) is 0 Å².